The number of nitrogens with two attached hydrogens (primary N) is 2. The van der Waals surface area contributed by atoms with Gasteiger partial charge in [0.15, 0.2) is 0 Å². The van der Waals surface area contributed by atoms with Crippen LogP contribution in [0.15, 0.2) is 0 Å². The van der Waals surface area contributed by atoms with Crippen LogP contribution in [0.5, 0.6) is 0 Å². The number of hydrogen-bond acceptors (Lipinski definition) is 8. The van der Waals surface area contributed by atoms with Crippen LogP contribution in [0.3, 0.4) is 0 Å². The number of unbranched alkanes of at least 4 members (excludes halogenated alkanes) is 1. The first-order valence-corrected chi connectivity index (χ1v) is 12.4. The molecule has 9 N–H and O–H groups in total. The van der Waals surface area contributed by atoms with Crippen molar-refractivity contribution in [2.75, 3.05) is 13.1 Å². The van der Waals surface area contributed by atoms with Gasteiger partial charge in [-0.05, 0) is 51.5 Å². The van der Waals surface area contributed by atoms with Crippen LogP contribution in [-0.2, 0) is 28.8 Å². The van der Waals surface area contributed by atoms with E-state index in [9.17, 15) is 28.8 Å². The van der Waals surface area contributed by atoms with Gasteiger partial charge >= 0.3 is 11.9 Å². The Morgan fingerprint density at radius 3 is 2.16 bits per heavy atom. The summed E-state index contributed by atoms with van der Waals surface area (Å²) in [6.45, 7) is 5.31. The van der Waals surface area contributed by atoms with Crippen molar-refractivity contribution in [2.24, 2.45) is 17.4 Å². The lowest BCUT2D eigenvalue weighted by Gasteiger charge is -2.31. The number of carboxylic acids is 2. The average Bonchev–Trinajstić information content (AvgIpc) is 3.30. The van der Waals surface area contributed by atoms with Gasteiger partial charge in [-0.3, -0.25) is 28.8 Å². The smallest absolute Gasteiger partial charge is 0.325 e. The van der Waals surface area contributed by atoms with E-state index in [0.29, 0.717) is 32.2 Å². The molecule has 0 aromatic heterocycles. The Morgan fingerprint density at radius 2 is 1.62 bits per heavy atom. The Hall–Kier alpha value is -3.26. The summed E-state index contributed by atoms with van der Waals surface area (Å²) in [5.74, 6) is -5.39. The van der Waals surface area contributed by atoms with E-state index in [0.717, 1.165) is 0 Å². The van der Waals surface area contributed by atoms with E-state index in [4.69, 9.17) is 21.7 Å². The topological polar surface area (TPSA) is 234 Å². The van der Waals surface area contributed by atoms with Gasteiger partial charge in [0.25, 0.3) is 0 Å². The lowest BCUT2D eigenvalue weighted by Crippen LogP contribution is -2.58. The quantitative estimate of drug-likeness (QED) is 0.117. The number of rotatable bonds is 15. The molecule has 1 saturated heterocycles. The van der Waals surface area contributed by atoms with Gasteiger partial charge in [-0.2, -0.15) is 0 Å². The minimum Gasteiger partial charge on any atom is -0.481 e. The summed E-state index contributed by atoms with van der Waals surface area (Å²) >= 11 is 0. The Morgan fingerprint density at radius 1 is 0.973 bits per heavy atom. The second-order valence-electron chi connectivity index (χ2n) is 9.54. The molecule has 1 fully saturated rings. The molecule has 0 aliphatic carbocycles. The van der Waals surface area contributed by atoms with Gasteiger partial charge < -0.3 is 42.5 Å². The van der Waals surface area contributed by atoms with Gasteiger partial charge in [-0.1, -0.05) is 13.8 Å². The predicted octanol–water partition coefficient (Wildman–Crippen LogP) is -1.88. The molecule has 0 bridgehead atoms. The number of carbonyl (C=O) groups is 6. The normalized spacial score (nSPS) is 18.4. The molecule has 14 nitrogen and oxygen atoms in total. The van der Waals surface area contributed by atoms with E-state index < -0.39 is 72.2 Å². The summed E-state index contributed by atoms with van der Waals surface area (Å²) < 4.78 is 0. The molecule has 5 atom stereocenters. The van der Waals surface area contributed by atoms with Crippen LogP contribution in [0.25, 0.3) is 0 Å². The Balaban J connectivity index is 3.00. The molecule has 0 spiro atoms. The van der Waals surface area contributed by atoms with E-state index >= 15 is 0 Å². The van der Waals surface area contributed by atoms with Crippen LogP contribution >= 0.6 is 0 Å². The van der Waals surface area contributed by atoms with Gasteiger partial charge in [-0.25, -0.2) is 0 Å². The highest BCUT2D eigenvalue weighted by Crippen LogP contribution is 2.21. The van der Waals surface area contributed by atoms with E-state index in [-0.39, 0.29) is 18.9 Å². The van der Waals surface area contributed by atoms with Crippen molar-refractivity contribution in [3.05, 3.63) is 0 Å². The van der Waals surface area contributed by atoms with Gasteiger partial charge in [0.2, 0.25) is 23.6 Å². The molecule has 0 aromatic carbocycles. The molecule has 1 heterocycles. The van der Waals surface area contributed by atoms with Crippen LogP contribution in [0.2, 0.25) is 0 Å². The third-order valence-electron chi connectivity index (χ3n) is 6.11. The minimum atomic E-state index is -1.35. The predicted molar refractivity (Wildman–Crippen MR) is 132 cm³/mol. The fourth-order valence-electron chi connectivity index (χ4n) is 3.96. The Labute approximate surface area is 215 Å². The number of nitrogens with one attached hydrogen (secondary N) is 3. The summed E-state index contributed by atoms with van der Waals surface area (Å²) in [4.78, 5) is 74.9. The molecule has 14 heteroatoms. The lowest BCUT2D eigenvalue weighted by atomic mass is 10.0. The van der Waals surface area contributed by atoms with Crippen LogP contribution < -0.4 is 27.4 Å². The van der Waals surface area contributed by atoms with Crippen molar-refractivity contribution in [2.45, 2.75) is 89.5 Å². The maximum atomic E-state index is 13.4. The SMILES string of the molecule is CC(NC(=O)C(NC(=O)C1CCCN1C(=O)C(CCCCN)NC(=O)C(N)CC(=O)O)C(C)C)C(=O)O. The molecular formula is C23H40N6O8. The third-order valence-corrected chi connectivity index (χ3v) is 6.11. The summed E-state index contributed by atoms with van der Waals surface area (Å²) in [7, 11) is 0. The van der Waals surface area contributed by atoms with Gasteiger partial charge in [0.05, 0.1) is 12.5 Å². The number of hydrogen-bond donors (Lipinski definition) is 7. The average molecular weight is 529 g/mol. The first kappa shape index (κ1) is 31.8. The molecule has 1 aliphatic heterocycles. The fraction of sp³-hybridized carbons (Fsp3) is 0.739. The monoisotopic (exact) mass is 528 g/mol. The van der Waals surface area contributed by atoms with E-state index in [1.54, 1.807) is 13.8 Å². The van der Waals surface area contributed by atoms with Gasteiger partial charge in [-0.15, -0.1) is 0 Å². The molecule has 4 amide bonds. The highest BCUT2D eigenvalue weighted by atomic mass is 16.4. The van der Waals surface area contributed by atoms with Crippen LogP contribution in [0.1, 0.15) is 59.3 Å². The third kappa shape index (κ3) is 9.96. The van der Waals surface area contributed by atoms with Crippen molar-refractivity contribution in [1.29, 1.82) is 0 Å². The molecule has 0 saturated carbocycles. The number of amides is 4. The highest BCUT2D eigenvalue weighted by Gasteiger charge is 2.39. The van der Waals surface area contributed by atoms with Crippen LogP contribution in [-0.4, -0.2) is 94.0 Å². The molecular weight excluding hydrogens is 488 g/mol. The highest BCUT2D eigenvalue weighted by molar-refractivity contribution is 5.96. The molecule has 0 radical (unpaired) electrons. The van der Waals surface area contributed by atoms with Crippen molar-refractivity contribution in [3.63, 3.8) is 0 Å². The number of carbonyl (C=O) groups excluding carboxylic acids is 4. The molecule has 210 valence electrons. The fourth-order valence-corrected chi connectivity index (χ4v) is 3.96. The first-order valence-electron chi connectivity index (χ1n) is 12.4. The van der Waals surface area contributed by atoms with Gasteiger partial charge in [0, 0.05) is 6.54 Å². The second-order valence-corrected chi connectivity index (χ2v) is 9.54. The molecule has 5 unspecified atom stereocenters. The zero-order valence-corrected chi connectivity index (χ0v) is 21.6. The summed E-state index contributed by atoms with van der Waals surface area (Å²) in [6, 6.07) is -5.46. The molecule has 0 aromatic rings. The summed E-state index contributed by atoms with van der Waals surface area (Å²) in [5, 5.41) is 25.4. The number of aliphatic carboxylic acids is 2. The van der Waals surface area contributed by atoms with Crippen molar-refractivity contribution < 1.29 is 39.0 Å². The number of carboxylic acid groups (broad SMARTS) is 2. The number of likely N-dealkylation sites (tertiary alicyclic amines) is 1. The summed E-state index contributed by atoms with van der Waals surface area (Å²) in [6.07, 6.45) is 1.55. The summed E-state index contributed by atoms with van der Waals surface area (Å²) in [5.41, 5.74) is 11.2. The first-order chi connectivity index (χ1) is 17.3. The second kappa shape index (κ2) is 15.1. The maximum Gasteiger partial charge on any atom is 0.325 e. The largest absolute Gasteiger partial charge is 0.481 e. The molecule has 37 heavy (non-hydrogen) atoms. The Kier molecular flexibility index (Phi) is 13.0. The zero-order valence-electron chi connectivity index (χ0n) is 21.6. The number of nitrogens with zero attached hydrogens (tertiary/aromatic N) is 1. The van der Waals surface area contributed by atoms with Gasteiger partial charge in [0.1, 0.15) is 24.2 Å². The van der Waals surface area contributed by atoms with Crippen LogP contribution in [0.4, 0.5) is 0 Å². The molecule has 1 aliphatic rings. The van der Waals surface area contributed by atoms with Crippen LogP contribution in [0, 0.1) is 5.92 Å². The van der Waals surface area contributed by atoms with E-state index in [1.165, 1.54) is 11.8 Å². The standard InChI is InChI=1S/C23H40N6O8/c1-12(2)18(21(34)26-13(3)23(36)37)28-20(33)16-8-6-10-29(16)22(35)15(7-4-5-9-24)27-19(32)14(25)11-17(30)31/h12-16,18H,4-11,24-25H2,1-3H3,(H,26,34)(H,27,32)(H,28,33)(H,30,31)(H,36,37). The van der Waals surface area contributed by atoms with E-state index in [1.807, 2.05) is 0 Å². The minimum absolute atomic E-state index is 0.219. The van der Waals surface area contributed by atoms with E-state index in [2.05, 4.69) is 16.0 Å². The lowest BCUT2D eigenvalue weighted by molar-refractivity contribution is -0.144. The zero-order chi connectivity index (χ0) is 28.3. The van der Waals surface area contributed by atoms with Crippen molar-refractivity contribution in [1.82, 2.24) is 20.9 Å². The Bertz CT molecular complexity index is 851. The maximum absolute atomic E-state index is 13.4. The van der Waals surface area contributed by atoms with Crippen molar-refractivity contribution >= 4 is 35.6 Å². The van der Waals surface area contributed by atoms with Crippen molar-refractivity contribution in [3.8, 4) is 0 Å². The molecule has 1 rings (SSSR count).